The number of likely N-dealkylation sites (N-methyl/N-ethyl adjacent to an activating group) is 1. The van der Waals surface area contributed by atoms with Gasteiger partial charge in [0.2, 0.25) is 0 Å². The van der Waals surface area contributed by atoms with Crippen molar-refractivity contribution in [3.05, 3.63) is 52.1 Å². The van der Waals surface area contributed by atoms with Crippen LogP contribution in [0.1, 0.15) is 102 Å². The van der Waals surface area contributed by atoms with Crippen molar-refractivity contribution in [3.8, 4) is 22.5 Å². The molecule has 68 heavy (non-hydrogen) atoms. The van der Waals surface area contributed by atoms with Gasteiger partial charge in [0.05, 0.1) is 61.0 Å². The molecule has 1 saturated carbocycles. The molecule has 368 valence electrons. The van der Waals surface area contributed by atoms with E-state index in [1.807, 2.05) is 25.4 Å². The van der Waals surface area contributed by atoms with Gasteiger partial charge in [-0.1, -0.05) is 19.9 Å². The summed E-state index contributed by atoms with van der Waals surface area (Å²) in [5.41, 5.74) is 9.32. The topological polar surface area (TPSA) is 162 Å². The summed E-state index contributed by atoms with van der Waals surface area (Å²) >= 11 is 1.40. The molecule has 1 aliphatic carbocycles. The van der Waals surface area contributed by atoms with Crippen molar-refractivity contribution in [1.82, 2.24) is 35.2 Å². The van der Waals surface area contributed by atoms with Crippen molar-refractivity contribution in [2.75, 3.05) is 78.2 Å². The number of carbonyl (C=O) groups is 3. The van der Waals surface area contributed by atoms with Crippen molar-refractivity contribution in [2.45, 2.75) is 123 Å². The number of anilines is 1. The van der Waals surface area contributed by atoms with Crippen LogP contribution in [0.15, 0.2) is 35.8 Å². The number of hydrazine groups is 1. The van der Waals surface area contributed by atoms with Gasteiger partial charge >= 0.3 is 5.97 Å². The number of aromatic nitrogens is 3. The average Bonchev–Trinajstić information content (AvgIpc) is 4.16. The van der Waals surface area contributed by atoms with Crippen molar-refractivity contribution in [1.29, 1.82) is 0 Å². The number of carbonyl (C=O) groups excluding carboxylic acids is 3. The molecule has 7 heterocycles. The predicted molar refractivity (Wildman–Crippen MR) is 261 cm³/mol. The smallest absolute Gasteiger partial charge is 0.324 e. The second-order valence-electron chi connectivity index (χ2n) is 20.5. The third kappa shape index (κ3) is 9.81. The molecular weight excluding hydrogens is 885 g/mol. The summed E-state index contributed by atoms with van der Waals surface area (Å²) in [5.74, 6) is -0.842. The summed E-state index contributed by atoms with van der Waals surface area (Å²) in [4.78, 5) is 58.5. The molecule has 8 bridgehead atoms. The lowest BCUT2D eigenvalue weighted by Gasteiger charge is -2.38. The number of benzene rings is 1. The van der Waals surface area contributed by atoms with E-state index in [1.165, 1.54) is 16.3 Å². The number of hydrogen-bond acceptors (Lipinski definition) is 14. The molecule has 4 aliphatic heterocycles. The van der Waals surface area contributed by atoms with Crippen molar-refractivity contribution >= 4 is 45.7 Å². The number of ether oxygens (including phenoxy) is 5. The van der Waals surface area contributed by atoms with Gasteiger partial charge in [-0.2, -0.15) is 0 Å². The summed E-state index contributed by atoms with van der Waals surface area (Å²) in [7, 11) is 3.88. The Hall–Kier alpha value is -4.49. The first kappa shape index (κ1) is 48.5. The van der Waals surface area contributed by atoms with Crippen LogP contribution in [-0.2, 0) is 51.0 Å². The lowest BCUT2D eigenvalue weighted by Crippen LogP contribution is -2.62. The van der Waals surface area contributed by atoms with E-state index >= 15 is 0 Å². The van der Waals surface area contributed by atoms with Crippen LogP contribution in [0, 0.1) is 11.3 Å². The first-order valence-corrected chi connectivity index (χ1v) is 25.5. The van der Waals surface area contributed by atoms with Crippen LogP contribution in [0.3, 0.4) is 0 Å². The number of pyridine rings is 1. The number of nitrogens with one attached hydrogen (secondary N) is 2. The van der Waals surface area contributed by atoms with Crippen LogP contribution in [0.25, 0.3) is 33.4 Å². The zero-order valence-electron chi connectivity index (χ0n) is 41.1. The second-order valence-corrected chi connectivity index (χ2v) is 21.4. The Kier molecular flexibility index (Phi) is 14.3. The molecule has 0 spiro atoms. The number of piperazine rings is 1. The molecule has 4 fully saturated rings. The summed E-state index contributed by atoms with van der Waals surface area (Å²) < 4.78 is 33.5. The summed E-state index contributed by atoms with van der Waals surface area (Å²) in [5, 5.41) is 8.17. The Morgan fingerprint density at radius 1 is 1.09 bits per heavy atom. The van der Waals surface area contributed by atoms with Gasteiger partial charge in [0.1, 0.15) is 28.8 Å². The Bertz CT molecular complexity index is 2470. The molecule has 17 heteroatoms. The monoisotopic (exact) mass is 955 g/mol. The highest BCUT2D eigenvalue weighted by atomic mass is 32.1. The van der Waals surface area contributed by atoms with E-state index in [2.05, 4.69) is 84.1 Å². The number of rotatable bonds is 12. The van der Waals surface area contributed by atoms with E-state index < -0.39 is 41.1 Å². The van der Waals surface area contributed by atoms with E-state index in [0.717, 1.165) is 83.0 Å². The van der Waals surface area contributed by atoms with E-state index in [1.54, 1.807) is 7.11 Å². The van der Waals surface area contributed by atoms with E-state index in [9.17, 15) is 14.4 Å². The van der Waals surface area contributed by atoms with Gasteiger partial charge in [-0.3, -0.25) is 24.4 Å². The fraction of sp³-hybridized carbons (Fsp3) is 0.627. The summed E-state index contributed by atoms with van der Waals surface area (Å²) in [6, 6.07) is 6.83. The zero-order valence-corrected chi connectivity index (χ0v) is 41.9. The third-order valence-corrected chi connectivity index (χ3v) is 15.5. The Labute approximate surface area is 404 Å². The lowest BCUT2D eigenvalue weighted by atomic mass is 9.84. The number of methoxy groups -OCH3 is 1. The van der Waals surface area contributed by atoms with Crippen LogP contribution in [0.5, 0.6) is 0 Å². The molecule has 5 aliphatic rings. The van der Waals surface area contributed by atoms with E-state index in [0.29, 0.717) is 69.3 Å². The summed E-state index contributed by atoms with van der Waals surface area (Å²) in [6.45, 7) is 18.3. The number of cyclic esters (lactones) is 1. The quantitative estimate of drug-likeness (QED) is 0.149. The molecule has 4 aromatic rings. The molecule has 3 saturated heterocycles. The number of amides is 2. The minimum absolute atomic E-state index is 0.0430. The van der Waals surface area contributed by atoms with Gasteiger partial charge in [0, 0.05) is 85.8 Å². The number of fused-ring (bicyclic) bond motifs is 8. The minimum Gasteiger partial charge on any atom is -0.464 e. The first-order chi connectivity index (χ1) is 32.7. The molecule has 9 rings (SSSR count). The fourth-order valence-corrected chi connectivity index (χ4v) is 11.6. The third-order valence-electron chi connectivity index (χ3n) is 14.5. The van der Waals surface area contributed by atoms with Crippen molar-refractivity contribution in [2.24, 2.45) is 11.3 Å². The number of nitrogens with zero attached hydrogens (tertiary/aromatic N) is 6. The molecular formula is C51H70N8O8S. The molecule has 3 aromatic heterocycles. The lowest BCUT2D eigenvalue weighted by molar-refractivity contribution is -0.158. The first-order valence-electron chi connectivity index (χ1n) is 24.7. The molecule has 1 aromatic carbocycles. The van der Waals surface area contributed by atoms with Gasteiger partial charge in [0.15, 0.2) is 0 Å². The minimum atomic E-state index is -1.16. The molecule has 2 unspecified atom stereocenters. The van der Waals surface area contributed by atoms with Crippen LogP contribution in [0.4, 0.5) is 5.69 Å². The van der Waals surface area contributed by atoms with Gasteiger partial charge in [-0.25, -0.2) is 10.4 Å². The maximum atomic E-state index is 14.9. The largest absolute Gasteiger partial charge is 0.464 e. The Balaban J connectivity index is 1.21. The maximum Gasteiger partial charge on any atom is 0.324 e. The normalized spacial score (nSPS) is 26.1. The van der Waals surface area contributed by atoms with Gasteiger partial charge < -0.3 is 43.4 Å². The standard InChI is InChI=1S/C51H70N8O8S/c1-9-64-45-43(54-49(62)51-15-14-33(25-51)28-67-51)47(60)59-16-10-11-39(55-59)48(61)66-30-50(5,6)26-38-36-23-34(40-29-68-46(45)53-40)12-13-41(36)58(21-22-65-31(2)3)44(38)37-24-35(27-52-42(37)32(4)63-8)57-19-17-56(7)18-20-57/h12-13,23-24,27,29,31-33,39,43,45,55H,9-11,14-22,25-26,28,30H2,1-8H3,(H,54,62)/t32-,33?,39-,43-,45-,51?/m0/s1. The predicted octanol–water partition coefficient (Wildman–Crippen LogP) is 6.46. The van der Waals surface area contributed by atoms with Crippen molar-refractivity contribution < 1.29 is 38.1 Å². The Morgan fingerprint density at radius 3 is 2.60 bits per heavy atom. The van der Waals surface area contributed by atoms with Gasteiger partial charge in [0.25, 0.3) is 11.8 Å². The van der Waals surface area contributed by atoms with Gasteiger partial charge in [-0.15, -0.1) is 11.3 Å². The van der Waals surface area contributed by atoms with Crippen LogP contribution in [0.2, 0.25) is 0 Å². The highest BCUT2D eigenvalue weighted by Gasteiger charge is 2.53. The number of esters is 1. The maximum absolute atomic E-state index is 14.9. The SMILES string of the molecule is CCO[C@@H]1c2nc(cs2)-c2ccc3c(c2)c(c(-c2cc(N4CCN(C)CC4)cnc2[C@H](C)OC)n3CCOC(C)C)CC(C)(C)COC(=O)[C@@H]2CCCN(N2)C(=O)[C@H]1NC(=O)C12CCC(CO1)C2. The van der Waals surface area contributed by atoms with Gasteiger partial charge in [-0.05, 0) is 103 Å². The van der Waals surface area contributed by atoms with Crippen LogP contribution < -0.4 is 15.6 Å². The molecule has 2 amide bonds. The summed E-state index contributed by atoms with van der Waals surface area (Å²) in [6.07, 6.45) is 4.52. The van der Waals surface area contributed by atoms with E-state index in [4.69, 9.17) is 33.7 Å². The molecule has 2 N–H and O–H groups in total. The average molecular weight is 955 g/mol. The van der Waals surface area contributed by atoms with Crippen LogP contribution >= 0.6 is 11.3 Å². The Morgan fingerprint density at radius 2 is 1.90 bits per heavy atom. The van der Waals surface area contributed by atoms with Crippen molar-refractivity contribution in [3.63, 3.8) is 0 Å². The highest BCUT2D eigenvalue weighted by Crippen LogP contribution is 2.46. The fourth-order valence-electron chi connectivity index (χ4n) is 10.7. The second kappa shape index (κ2) is 20.1. The molecule has 16 nitrogen and oxygen atoms in total. The molecule has 0 radical (unpaired) electrons. The number of hydrogen-bond donors (Lipinski definition) is 2. The number of thiazole rings is 1. The van der Waals surface area contributed by atoms with Crippen LogP contribution in [-0.4, -0.2) is 139 Å². The molecule has 6 atom stereocenters. The zero-order chi connectivity index (χ0) is 47.9. The van der Waals surface area contributed by atoms with E-state index in [-0.39, 0.29) is 31.3 Å². The highest BCUT2D eigenvalue weighted by molar-refractivity contribution is 7.10.